The Balaban J connectivity index is 2.07. The van der Waals surface area contributed by atoms with E-state index in [9.17, 15) is 13.2 Å². The summed E-state index contributed by atoms with van der Waals surface area (Å²) >= 11 is 0. The quantitative estimate of drug-likeness (QED) is 0.440. The lowest BCUT2D eigenvalue weighted by molar-refractivity contribution is -0.653. The summed E-state index contributed by atoms with van der Waals surface area (Å²) in [6.07, 6.45) is 5.24. The molecule has 110 valence electrons. The van der Waals surface area contributed by atoms with Crippen molar-refractivity contribution in [2.24, 2.45) is 14.1 Å². The van der Waals surface area contributed by atoms with Crippen LogP contribution in [0.3, 0.4) is 0 Å². The second-order valence-corrected chi connectivity index (χ2v) is 7.02. The zero-order chi connectivity index (χ0) is 15.6. The number of Topliss-reactive ketones (excluding diaryl/α,β-unsaturated/α-hetero) is 1. The lowest BCUT2D eigenvalue weighted by atomic mass is 9.70. The maximum atomic E-state index is 12.1. The summed E-state index contributed by atoms with van der Waals surface area (Å²) in [6.45, 7) is 0. The summed E-state index contributed by atoms with van der Waals surface area (Å²) in [4.78, 5) is 12.3. The molecule has 0 atom stereocenters. The fourth-order valence-corrected chi connectivity index (χ4v) is 2.71. The van der Waals surface area contributed by atoms with Gasteiger partial charge in [0, 0.05) is 17.5 Å². The third-order valence-electron chi connectivity index (χ3n) is 3.31. The number of carbonyl (C=O) groups is 1. The minimum Gasteiger partial charge on any atom is -0.298 e. The number of aryl methyl sites for hydroxylation is 2. The van der Waals surface area contributed by atoms with Crippen LogP contribution in [0.1, 0.15) is 10.4 Å². The number of carbonyl (C=O) groups excluding carboxylic acids is 1. The molecule has 0 spiro atoms. The van der Waals surface area contributed by atoms with Crippen LogP contribution in [0.2, 0.25) is 6.32 Å². The Morgan fingerprint density at radius 2 is 1.90 bits per heavy atom. The average molecular weight is 304 g/mol. The van der Waals surface area contributed by atoms with Gasteiger partial charge < -0.3 is 0 Å². The number of aromatic nitrogens is 2. The average Bonchev–Trinajstić information content (AvgIpc) is 2.75. The molecule has 0 saturated heterocycles. The van der Waals surface area contributed by atoms with Gasteiger partial charge in [-0.2, -0.15) is 13.6 Å². The van der Waals surface area contributed by atoms with Crippen LogP contribution >= 0.6 is 0 Å². The number of hydrogen-bond acceptors (Lipinski definition) is 3. The van der Waals surface area contributed by atoms with E-state index in [1.807, 2.05) is 42.9 Å². The number of nitrogens with zero attached hydrogens (tertiary/aromatic N) is 2. The first-order valence-electron chi connectivity index (χ1n) is 6.46. The van der Waals surface area contributed by atoms with Gasteiger partial charge in [-0.05, 0) is 12.1 Å². The van der Waals surface area contributed by atoms with Gasteiger partial charge in [-0.15, -0.1) is 0 Å². The van der Waals surface area contributed by atoms with Crippen molar-refractivity contribution in [2.75, 3.05) is 6.26 Å². The highest BCUT2D eigenvalue weighted by molar-refractivity contribution is 7.90. The fraction of sp³-hybridized carbons (Fsp3) is 0.286. The van der Waals surface area contributed by atoms with Gasteiger partial charge in [0.2, 0.25) is 0 Å². The van der Waals surface area contributed by atoms with Crippen LogP contribution in [0.25, 0.3) is 0 Å². The van der Waals surface area contributed by atoms with Gasteiger partial charge in [-0.1, -0.05) is 12.1 Å². The lowest BCUT2D eigenvalue weighted by Crippen LogP contribution is -2.49. The molecule has 21 heavy (non-hydrogen) atoms. The zero-order valence-electron chi connectivity index (χ0n) is 12.3. The molecule has 0 amide bonds. The minimum atomic E-state index is -3.23. The van der Waals surface area contributed by atoms with Gasteiger partial charge in [0.05, 0.1) is 19.0 Å². The monoisotopic (exact) mass is 304 g/mol. The second-order valence-electron chi connectivity index (χ2n) is 5.01. The van der Waals surface area contributed by atoms with Crippen LogP contribution < -0.4 is 10.3 Å². The predicted octanol–water partition coefficient (Wildman–Crippen LogP) is -0.116. The molecule has 2 radical (unpaired) electrons. The maximum Gasteiger partial charge on any atom is 0.175 e. The van der Waals surface area contributed by atoms with E-state index in [2.05, 4.69) is 0 Å². The molecule has 0 fully saturated rings. The van der Waals surface area contributed by atoms with E-state index in [1.54, 1.807) is 12.1 Å². The molecular formula is C14H17BN2O3S. The van der Waals surface area contributed by atoms with Gasteiger partial charge in [0.25, 0.3) is 0 Å². The van der Waals surface area contributed by atoms with Gasteiger partial charge >= 0.3 is 0 Å². The number of sulfone groups is 1. The molecule has 2 aromatic rings. The van der Waals surface area contributed by atoms with E-state index in [4.69, 9.17) is 0 Å². The Hall–Kier alpha value is -1.89. The molecule has 0 aliphatic rings. The Bertz CT molecular complexity index is 745. The van der Waals surface area contributed by atoms with Crippen molar-refractivity contribution < 1.29 is 17.8 Å². The minimum absolute atomic E-state index is 0.0451. The molecular weight excluding hydrogens is 287 g/mol. The first-order valence-corrected chi connectivity index (χ1v) is 8.35. The van der Waals surface area contributed by atoms with Gasteiger partial charge in [-0.25, -0.2) is 8.42 Å². The SMILES string of the molecule is Cn1cc[n+](C)c1[B-]CC(=O)c1ccc(S(C)(=O)=O)cc1. The highest BCUT2D eigenvalue weighted by Gasteiger charge is 2.08. The maximum absolute atomic E-state index is 12.1. The number of imidazole rings is 1. The van der Waals surface area contributed by atoms with Crippen molar-refractivity contribution in [1.82, 2.24) is 4.57 Å². The van der Waals surface area contributed by atoms with Crippen molar-refractivity contribution in [3.63, 3.8) is 0 Å². The molecule has 5 nitrogen and oxygen atoms in total. The van der Waals surface area contributed by atoms with Crippen LogP contribution in [0, 0.1) is 0 Å². The largest absolute Gasteiger partial charge is 0.298 e. The number of hydrogen-bond donors (Lipinski definition) is 0. The van der Waals surface area contributed by atoms with E-state index in [1.165, 1.54) is 12.1 Å². The lowest BCUT2D eigenvalue weighted by Gasteiger charge is -2.12. The molecule has 0 saturated carbocycles. The van der Waals surface area contributed by atoms with Crippen LogP contribution in [-0.4, -0.2) is 32.3 Å². The van der Waals surface area contributed by atoms with E-state index >= 15 is 0 Å². The molecule has 2 rings (SSSR count). The number of benzene rings is 1. The third kappa shape index (κ3) is 3.61. The molecule has 0 bridgehead atoms. The van der Waals surface area contributed by atoms with Gasteiger partial charge in [0.1, 0.15) is 18.2 Å². The second kappa shape index (κ2) is 5.85. The summed E-state index contributed by atoms with van der Waals surface area (Å²) in [5.41, 5.74) is 1.45. The third-order valence-corrected chi connectivity index (χ3v) is 4.44. The molecule has 0 N–H and O–H groups in total. The zero-order valence-corrected chi connectivity index (χ0v) is 13.1. The first kappa shape index (κ1) is 15.5. The highest BCUT2D eigenvalue weighted by Crippen LogP contribution is 2.11. The van der Waals surface area contributed by atoms with E-state index in [-0.39, 0.29) is 17.0 Å². The Kier molecular flexibility index (Phi) is 4.32. The van der Waals surface area contributed by atoms with Gasteiger partial charge in [0.15, 0.2) is 9.84 Å². The molecule has 7 heteroatoms. The number of ketones is 1. The standard InChI is InChI=1S/C14H17BN2O3S/c1-16-8-9-17(2)14(16)15-10-13(18)11-4-6-12(7-5-11)21(3,19)20/h4-9H,10H2,1-3H3. The van der Waals surface area contributed by atoms with Crippen LogP contribution in [0.5, 0.6) is 0 Å². The fourth-order valence-electron chi connectivity index (χ4n) is 2.08. The van der Waals surface area contributed by atoms with E-state index in [0.29, 0.717) is 5.56 Å². The van der Waals surface area contributed by atoms with Crippen molar-refractivity contribution in [2.45, 2.75) is 11.2 Å². The Morgan fingerprint density at radius 1 is 1.29 bits per heavy atom. The molecule has 0 aliphatic heterocycles. The smallest absolute Gasteiger partial charge is 0.175 e. The Labute approximate surface area is 125 Å². The first-order chi connectivity index (χ1) is 9.79. The van der Waals surface area contributed by atoms with Crippen LogP contribution in [0.15, 0.2) is 41.6 Å². The van der Waals surface area contributed by atoms with Crippen molar-refractivity contribution in [3.8, 4) is 0 Å². The predicted molar refractivity (Wildman–Crippen MR) is 80.7 cm³/mol. The van der Waals surface area contributed by atoms with Crippen molar-refractivity contribution in [1.29, 1.82) is 0 Å². The highest BCUT2D eigenvalue weighted by atomic mass is 32.2. The van der Waals surface area contributed by atoms with E-state index < -0.39 is 9.84 Å². The molecule has 1 aromatic heterocycles. The summed E-state index contributed by atoms with van der Waals surface area (Å²) in [5.74, 6) is -0.0451. The molecule has 0 unspecified atom stereocenters. The van der Waals surface area contributed by atoms with Crippen molar-refractivity contribution >= 4 is 28.6 Å². The van der Waals surface area contributed by atoms with Gasteiger partial charge in [-0.3, -0.25) is 13.9 Å². The molecule has 1 heterocycles. The summed E-state index contributed by atoms with van der Waals surface area (Å²) in [6, 6.07) is 6.03. The number of rotatable bonds is 5. The topological polar surface area (TPSA) is 60.0 Å². The van der Waals surface area contributed by atoms with E-state index in [0.717, 1.165) is 12.0 Å². The van der Waals surface area contributed by atoms with Crippen LogP contribution in [0.4, 0.5) is 0 Å². The Morgan fingerprint density at radius 3 is 2.38 bits per heavy atom. The normalized spacial score (nSPS) is 11.6. The summed E-state index contributed by atoms with van der Waals surface area (Å²) in [5, 5.41) is 0. The summed E-state index contributed by atoms with van der Waals surface area (Å²) < 4.78 is 26.6. The molecule has 1 aromatic carbocycles. The summed E-state index contributed by atoms with van der Waals surface area (Å²) in [7, 11) is 2.45. The van der Waals surface area contributed by atoms with Crippen molar-refractivity contribution in [3.05, 3.63) is 42.2 Å². The van der Waals surface area contributed by atoms with Crippen LogP contribution in [-0.2, 0) is 23.9 Å². The molecule has 0 aliphatic carbocycles.